The lowest BCUT2D eigenvalue weighted by atomic mass is 10.1. The van der Waals surface area contributed by atoms with E-state index in [-0.39, 0.29) is 5.56 Å². The number of carbonyl (C=O) groups is 1. The van der Waals surface area contributed by atoms with Gasteiger partial charge in [0, 0.05) is 35.7 Å². The summed E-state index contributed by atoms with van der Waals surface area (Å²) in [5.74, 6) is 0.726. The molecule has 1 saturated heterocycles. The lowest BCUT2D eigenvalue weighted by molar-refractivity contribution is 0.100. The molecule has 1 heterocycles. The number of nitrogen functional groups attached to an aromatic ring is 1. The summed E-state index contributed by atoms with van der Waals surface area (Å²) in [6.45, 7) is 0.602. The van der Waals surface area contributed by atoms with Gasteiger partial charge in [-0.05, 0) is 18.2 Å². The van der Waals surface area contributed by atoms with Gasteiger partial charge in [0.1, 0.15) is 5.37 Å². The second kappa shape index (κ2) is 5.53. The van der Waals surface area contributed by atoms with Crippen molar-refractivity contribution in [2.24, 2.45) is 5.73 Å². The number of sulfone groups is 1. The van der Waals surface area contributed by atoms with Crippen LogP contribution in [-0.4, -0.2) is 44.0 Å². The second-order valence-electron chi connectivity index (χ2n) is 4.69. The van der Waals surface area contributed by atoms with Gasteiger partial charge in [0.2, 0.25) is 0 Å². The summed E-state index contributed by atoms with van der Waals surface area (Å²) in [5, 5.41) is -0.592. The molecular formula is C12H17N3O3S2. The molecule has 1 aliphatic rings. The molecule has 1 amide bonds. The molecule has 0 radical (unpaired) electrons. The molecule has 20 heavy (non-hydrogen) atoms. The molecule has 4 N–H and O–H groups in total. The average Bonchev–Trinajstić information content (AvgIpc) is 2.38. The molecule has 1 atom stereocenters. The standard InChI is InChI=1S/C12H17N3O3S2/c1-20(17,18)11-7-19-5-4-15(11)8-2-3-10(13)9(6-8)12(14)16/h2-3,6,11H,4-5,7,13H2,1H3,(H2,14,16). The van der Waals surface area contributed by atoms with Crippen LogP contribution in [0, 0.1) is 0 Å². The zero-order valence-electron chi connectivity index (χ0n) is 11.1. The van der Waals surface area contributed by atoms with E-state index in [1.165, 1.54) is 6.26 Å². The van der Waals surface area contributed by atoms with Crippen LogP contribution in [-0.2, 0) is 9.84 Å². The molecule has 8 heteroatoms. The van der Waals surface area contributed by atoms with Crippen LogP contribution in [0.3, 0.4) is 0 Å². The maximum absolute atomic E-state index is 11.9. The molecule has 1 fully saturated rings. The van der Waals surface area contributed by atoms with Crippen molar-refractivity contribution in [1.82, 2.24) is 0 Å². The van der Waals surface area contributed by atoms with Crippen molar-refractivity contribution in [3.05, 3.63) is 23.8 Å². The van der Waals surface area contributed by atoms with Crippen molar-refractivity contribution in [3.63, 3.8) is 0 Å². The Kier molecular flexibility index (Phi) is 4.14. The van der Waals surface area contributed by atoms with Gasteiger partial charge < -0.3 is 16.4 Å². The second-order valence-corrected chi connectivity index (χ2v) is 8.04. The Balaban J connectivity index is 2.43. The van der Waals surface area contributed by atoms with E-state index in [4.69, 9.17) is 11.5 Å². The maximum atomic E-state index is 11.9. The van der Waals surface area contributed by atoms with E-state index in [9.17, 15) is 13.2 Å². The van der Waals surface area contributed by atoms with Gasteiger partial charge in [-0.2, -0.15) is 11.8 Å². The molecule has 0 saturated carbocycles. The molecule has 1 aromatic carbocycles. The minimum atomic E-state index is -3.21. The number of primary amides is 1. The van der Waals surface area contributed by atoms with E-state index < -0.39 is 21.1 Å². The fraction of sp³-hybridized carbons (Fsp3) is 0.417. The lowest BCUT2D eigenvalue weighted by Crippen LogP contribution is -2.47. The highest BCUT2D eigenvalue weighted by Crippen LogP contribution is 2.28. The minimum Gasteiger partial charge on any atom is -0.398 e. The first-order chi connectivity index (χ1) is 9.30. The summed E-state index contributed by atoms with van der Waals surface area (Å²) >= 11 is 1.60. The van der Waals surface area contributed by atoms with E-state index in [0.717, 1.165) is 5.75 Å². The van der Waals surface area contributed by atoms with Crippen molar-refractivity contribution < 1.29 is 13.2 Å². The van der Waals surface area contributed by atoms with Crippen LogP contribution in [0.1, 0.15) is 10.4 Å². The van der Waals surface area contributed by atoms with E-state index in [0.29, 0.717) is 23.7 Å². The number of hydrogen-bond acceptors (Lipinski definition) is 6. The third kappa shape index (κ3) is 3.01. The molecule has 0 aromatic heterocycles. The van der Waals surface area contributed by atoms with Gasteiger partial charge in [-0.1, -0.05) is 0 Å². The zero-order chi connectivity index (χ0) is 14.9. The quantitative estimate of drug-likeness (QED) is 0.777. The first-order valence-electron chi connectivity index (χ1n) is 6.03. The molecular weight excluding hydrogens is 298 g/mol. The molecule has 6 nitrogen and oxygen atoms in total. The number of amides is 1. The monoisotopic (exact) mass is 315 g/mol. The van der Waals surface area contributed by atoms with E-state index in [1.54, 1.807) is 34.9 Å². The van der Waals surface area contributed by atoms with Gasteiger partial charge >= 0.3 is 0 Å². The summed E-state index contributed by atoms with van der Waals surface area (Å²) in [6.07, 6.45) is 1.23. The number of carbonyl (C=O) groups excluding carboxylic acids is 1. The van der Waals surface area contributed by atoms with E-state index >= 15 is 0 Å². The molecule has 1 unspecified atom stereocenters. The van der Waals surface area contributed by atoms with Gasteiger partial charge in [0.05, 0.1) is 5.56 Å². The molecule has 110 valence electrons. The molecule has 0 spiro atoms. The van der Waals surface area contributed by atoms with Gasteiger partial charge in [0.15, 0.2) is 9.84 Å². The molecule has 2 rings (SSSR count). The third-order valence-corrected chi connectivity index (χ3v) is 5.86. The highest BCUT2D eigenvalue weighted by Gasteiger charge is 2.31. The highest BCUT2D eigenvalue weighted by molar-refractivity contribution is 8.01. The summed E-state index contributed by atoms with van der Waals surface area (Å²) in [4.78, 5) is 13.1. The number of thioether (sulfide) groups is 1. The summed E-state index contributed by atoms with van der Waals surface area (Å²) in [6, 6.07) is 4.86. The van der Waals surface area contributed by atoms with Crippen LogP contribution in [0.5, 0.6) is 0 Å². The van der Waals surface area contributed by atoms with Crippen LogP contribution in [0.4, 0.5) is 11.4 Å². The fourth-order valence-electron chi connectivity index (χ4n) is 2.17. The van der Waals surface area contributed by atoms with Gasteiger partial charge in [-0.25, -0.2) is 8.42 Å². The molecule has 1 aliphatic heterocycles. The number of hydrogen-bond donors (Lipinski definition) is 2. The number of nitrogens with zero attached hydrogens (tertiary/aromatic N) is 1. The Morgan fingerprint density at radius 2 is 2.15 bits per heavy atom. The Hall–Kier alpha value is -1.41. The molecule has 0 aliphatic carbocycles. The van der Waals surface area contributed by atoms with Crippen LogP contribution in [0.15, 0.2) is 18.2 Å². The lowest BCUT2D eigenvalue weighted by Gasteiger charge is -2.36. The van der Waals surface area contributed by atoms with Crippen LogP contribution in [0.2, 0.25) is 0 Å². The molecule has 0 bridgehead atoms. The molecule has 1 aromatic rings. The van der Waals surface area contributed by atoms with Crippen molar-refractivity contribution in [1.29, 1.82) is 0 Å². The normalized spacial score (nSPS) is 19.9. The summed E-state index contributed by atoms with van der Waals surface area (Å²) in [5.41, 5.74) is 12.1. The number of anilines is 2. The van der Waals surface area contributed by atoms with Crippen molar-refractivity contribution in [3.8, 4) is 0 Å². The average molecular weight is 315 g/mol. The van der Waals surface area contributed by atoms with Crippen LogP contribution in [0.25, 0.3) is 0 Å². The predicted molar refractivity (Wildman–Crippen MR) is 82.7 cm³/mol. The van der Waals surface area contributed by atoms with E-state index in [2.05, 4.69) is 0 Å². The first kappa shape index (κ1) is 15.0. The third-order valence-electron chi connectivity index (χ3n) is 3.21. The largest absolute Gasteiger partial charge is 0.398 e. The number of rotatable bonds is 3. The summed E-state index contributed by atoms with van der Waals surface area (Å²) < 4.78 is 23.8. The highest BCUT2D eigenvalue weighted by atomic mass is 32.2. The predicted octanol–water partition coefficient (Wildman–Crippen LogP) is 0.292. The van der Waals surface area contributed by atoms with E-state index in [1.807, 2.05) is 0 Å². The number of nitrogens with two attached hydrogens (primary N) is 2. The van der Waals surface area contributed by atoms with Crippen LogP contribution >= 0.6 is 11.8 Å². The topological polar surface area (TPSA) is 106 Å². The SMILES string of the molecule is CS(=O)(=O)C1CSCCN1c1ccc(N)c(C(N)=O)c1. The van der Waals surface area contributed by atoms with Crippen molar-refractivity contribution >= 4 is 38.9 Å². The van der Waals surface area contributed by atoms with Crippen LogP contribution < -0.4 is 16.4 Å². The van der Waals surface area contributed by atoms with Gasteiger partial charge in [0.25, 0.3) is 5.91 Å². The summed E-state index contributed by atoms with van der Waals surface area (Å²) in [7, 11) is -3.21. The zero-order valence-corrected chi connectivity index (χ0v) is 12.7. The minimum absolute atomic E-state index is 0.216. The van der Waals surface area contributed by atoms with Crippen molar-refractivity contribution in [2.75, 3.05) is 34.9 Å². The Morgan fingerprint density at radius 3 is 2.75 bits per heavy atom. The Labute approximate surface area is 122 Å². The fourth-order valence-corrected chi connectivity index (χ4v) is 5.01. The number of benzene rings is 1. The maximum Gasteiger partial charge on any atom is 0.250 e. The smallest absolute Gasteiger partial charge is 0.250 e. The Bertz CT molecular complexity index is 631. The van der Waals surface area contributed by atoms with Gasteiger partial charge in [-0.15, -0.1) is 0 Å². The van der Waals surface area contributed by atoms with Crippen molar-refractivity contribution in [2.45, 2.75) is 5.37 Å². The first-order valence-corrected chi connectivity index (χ1v) is 9.14. The van der Waals surface area contributed by atoms with Gasteiger partial charge in [-0.3, -0.25) is 4.79 Å². The Morgan fingerprint density at radius 1 is 1.45 bits per heavy atom.